The van der Waals surface area contributed by atoms with Crippen molar-refractivity contribution in [3.05, 3.63) is 18.0 Å². The highest BCUT2D eigenvalue weighted by atomic mass is 16.1. The minimum atomic E-state index is -0.0960. The number of rotatable bonds is 6. The molecule has 0 unspecified atom stereocenters. The van der Waals surface area contributed by atoms with Gasteiger partial charge in [0.15, 0.2) is 0 Å². The van der Waals surface area contributed by atoms with Crippen molar-refractivity contribution in [3.63, 3.8) is 0 Å². The first kappa shape index (κ1) is 19.0. The van der Waals surface area contributed by atoms with E-state index in [0.29, 0.717) is 5.56 Å². The van der Waals surface area contributed by atoms with Crippen LogP contribution >= 0.6 is 0 Å². The summed E-state index contributed by atoms with van der Waals surface area (Å²) < 4.78 is 1.83. The molecule has 2 rings (SSSR count). The number of hydrogen-bond acceptors (Lipinski definition) is 3. The molecule has 0 spiro atoms. The van der Waals surface area contributed by atoms with E-state index in [4.69, 9.17) is 0 Å². The fourth-order valence-corrected chi connectivity index (χ4v) is 3.55. The SMILES string of the molecule is C[C@@H]1C[C@@H](C)CN(CCCCNC(=O)c2cnn(C(C)(C)C)c2)C1. The molecule has 1 aliphatic heterocycles. The third kappa shape index (κ3) is 5.62. The first-order chi connectivity index (χ1) is 11.3. The van der Waals surface area contributed by atoms with Crippen LogP contribution in [0.4, 0.5) is 0 Å². The second-order valence-electron chi connectivity index (χ2n) is 8.51. The number of unbranched alkanes of at least 4 members (excludes halogenated alkanes) is 1. The second-order valence-corrected chi connectivity index (χ2v) is 8.51. The average Bonchev–Trinajstić information content (AvgIpc) is 2.95. The van der Waals surface area contributed by atoms with Crippen LogP contribution in [0.1, 0.15) is 64.2 Å². The third-order valence-corrected chi connectivity index (χ3v) is 4.66. The Hall–Kier alpha value is -1.36. The smallest absolute Gasteiger partial charge is 0.254 e. The molecule has 1 N–H and O–H groups in total. The molecule has 0 aliphatic carbocycles. The third-order valence-electron chi connectivity index (χ3n) is 4.66. The molecule has 2 atom stereocenters. The van der Waals surface area contributed by atoms with Crippen LogP contribution in [0.15, 0.2) is 12.4 Å². The van der Waals surface area contributed by atoms with Crippen molar-refractivity contribution in [2.75, 3.05) is 26.2 Å². The van der Waals surface area contributed by atoms with Crippen molar-refractivity contribution in [2.45, 2.75) is 59.4 Å². The molecule has 1 saturated heterocycles. The van der Waals surface area contributed by atoms with Gasteiger partial charge in [0.25, 0.3) is 5.91 Å². The van der Waals surface area contributed by atoms with Crippen molar-refractivity contribution in [3.8, 4) is 0 Å². The summed E-state index contributed by atoms with van der Waals surface area (Å²) in [5.74, 6) is 1.60. The van der Waals surface area contributed by atoms with Gasteiger partial charge >= 0.3 is 0 Å². The molecule has 1 aromatic heterocycles. The Morgan fingerprint density at radius 2 is 1.92 bits per heavy atom. The highest BCUT2D eigenvalue weighted by Gasteiger charge is 2.21. The number of carbonyl (C=O) groups excluding carboxylic acids is 1. The Morgan fingerprint density at radius 1 is 1.25 bits per heavy atom. The molecule has 5 heteroatoms. The minimum absolute atomic E-state index is 0.0225. The number of nitrogens with one attached hydrogen (secondary N) is 1. The van der Waals surface area contributed by atoms with E-state index in [0.717, 1.165) is 37.8 Å². The number of aromatic nitrogens is 2. The quantitative estimate of drug-likeness (QED) is 0.813. The standard InChI is InChI=1S/C19H34N4O/c1-15-10-16(2)13-22(12-15)9-7-6-8-20-18(24)17-11-21-23(14-17)19(3,4)5/h11,14-16H,6-10,12-13H2,1-5H3,(H,20,24)/t15-,16-/m1/s1. The van der Waals surface area contributed by atoms with Crippen LogP contribution in [-0.2, 0) is 5.54 Å². The van der Waals surface area contributed by atoms with Gasteiger partial charge in [-0.3, -0.25) is 9.48 Å². The zero-order valence-corrected chi connectivity index (χ0v) is 16.0. The number of nitrogens with zero attached hydrogens (tertiary/aromatic N) is 3. The maximum atomic E-state index is 12.2. The summed E-state index contributed by atoms with van der Waals surface area (Å²) in [6.07, 6.45) is 7.00. The van der Waals surface area contributed by atoms with Crippen LogP contribution in [0.25, 0.3) is 0 Å². The average molecular weight is 335 g/mol. The van der Waals surface area contributed by atoms with E-state index in [9.17, 15) is 4.79 Å². The lowest BCUT2D eigenvalue weighted by molar-refractivity contribution is 0.0951. The molecule has 0 saturated carbocycles. The van der Waals surface area contributed by atoms with Crippen molar-refractivity contribution >= 4 is 5.91 Å². The number of amides is 1. The molecule has 2 heterocycles. The van der Waals surface area contributed by atoms with E-state index in [-0.39, 0.29) is 11.4 Å². The molecule has 0 bridgehead atoms. The summed E-state index contributed by atoms with van der Waals surface area (Å²) in [7, 11) is 0. The zero-order chi connectivity index (χ0) is 17.7. The molecule has 1 fully saturated rings. The highest BCUT2D eigenvalue weighted by molar-refractivity contribution is 5.93. The number of carbonyl (C=O) groups is 1. The van der Waals surface area contributed by atoms with Gasteiger partial charge in [-0.05, 0) is 58.4 Å². The molecule has 1 amide bonds. The lowest BCUT2D eigenvalue weighted by Crippen LogP contribution is -2.39. The van der Waals surface area contributed by atoms with Gasteiger partial charge in [0.2, 0.25) is 0 Å². The van der Waals surface area contributed by atoms with E-state index < -0.39 is 0 Å². The maximum absolute atomic E-state index is 12.2. The molecule has 0 radical (unpaired) electrons. The summed E-state index contributed by atoms with van der Waals surface area (Å²) in [4.78, 5) is 14.7. The Labute approximate surface area is 146 Å². The lowest BCUT2D eigenvalue weighted by Gasteiger charge is -2.34. The Morgan fingerprint density at radius 3 is 2.50 bits per heavy atom. The highest BCUT2D eigenvalue weighted by Crippen LogP contribution is 2.21. The predicted molar refractivity (Wildman–Crippen MR) is 98.2 cm³/mol. The summed E-state index contributed by atoms with van der Waals surface area (Å²) >= 11 is 0. The number of hydrogen-bond donors (Lipinski definition) is 1. The Balaban J connectivity index is 1.65. The van der Waals surface area contributed by atoms with Gasteiger partial charge in [0, 0.05) is 25.8 Å². The molecular formula is C19H34N4O. The monoisotopic (exact) mass is 334 g/mol. The van der Waals surface area contributed by atoms with Gasteiger partial charge in [-0.1, -0.05) is 13.8 Å². The molecule has 1 aromatic rings. The van der Waals surface area contributed by atoms with Gasteiger partial charge in [-0.25, -0.2) is 0 Å². The van der Waals surface area contributed by atoms with Crippen LogP contribution in [0.5, 0.6) is 0 Å². The summed E-state index contributed by atoms with van der Waals surface area (Å²) in [6, 6.07) is 0. The predicted octanol–water partition coefficient (Wildman–Crippen LogP) is 3.13. The lowest BCUT2D eigenvalue weighted by atomic mass is 9.92. The van der Waals surface area contributed by atoms with Crippen LogP contribution < -0.4 is 5.32 Å². The number of piperidine rings is 1. The van der Waals surface area contributed by atoms with Gasteiger partial charge < -0.3 is 10.2 Å². The largest absolute Gasteiger partial charge is 0.352 e. The maximum Gasteiger partial charge on any atom is 0.254 e. The van der Waals surface area contributed by atoms with Crippen LogP contribution in [0.2, 0.25) is 0 Å². The van der Waals surface area contributed by atoms with Gasteiger partial charge in [0.05, 0.1) is 17.3 Å². The van der Waals surface area contributed by atoms with E-state index in [2.05, 4.69) is 49.9 Å². The fraction of sp³-hybridized carbons (Fsp3) is 0.789. The van der Waals surface area contributed by atoms with Crippen molar-refractivity contribution in [2.24, 2.45) is 11.8 Å². The molecule has 136 valence electrons. The fourth-order valence-electron chi connectivity index (χ4n) is 3.55. The van der Waals surface area contributed by atoms with E-state index >= 15 is 0 Å². The first-order valence-corrected chi connectivity index (χ1v) is 9.31. The summed E-state index contributed by atoms with van der Waals surface area (Å²) in [5.41, 5.74) is 0.546. The molecule has 5 nitrogen and oxygen atoms in total. The van der Waals surface area contributed by atoms with Crippen molar-refractivity contribution in [1.82, 2.24) is 20.0 Å². The molecular weight excluding hydrogens is 300 g/mol. The van der Waals surface area contributed by atoms with Gasteiger partial charge in [0.1, 0.15) is 0 Å². The second kappa shape index (κ2) is 8.15. The van der Waals surface area contributed by atoms with E-state index in [1.165, 1.54) is 19.5 Å². The molecule has 0 aromatic carbocycles. The van der Waals surface area contributed by atoms with Gasteiger partial charge in [-0.2, -0.15) is 5.10 Å². The normalized spacial score (nSPS) is 22.5. The van der Waals surface area contributed by atoms with Gasteiger partial charge in [-0.15, -0.1) is 0 Å². The topological polar surface area (TPSA) is 50.2 Å². The molecule has 1 aliphatic rings. The number of likely N-dealkylation sites (tertiary alicyclic amines) is 1. The Bertz CT molecular complexity index is 522. The van der Waals surface area contributed by atoms with Crippen LogP contribution in [0, 0.1) is 11.8 Å². The van der Waals surface area contributed by atoms with Crippen LogP contribution in [0.3, 0.4) is 0 Å². The van der Waals surface area contributed by atoms with Crippen molar-refractivity contribution < 1.29 is 4.79 Å². The Kier molecular flexibility index (Phi) is 6.44. The van der Waals surface area contributed by atoms with E-state index in [1.54, 1.807) is 6.20 Å². The summed E-state index contributed by atoms with van der Waals surface area (Å²) in [6.45, 7) is 15.2. The minimum Gasteiger partial charge on any atom is -0.352 e. The first-order valence-electron chi connectivity index (χ1n) is 9.31. The molecule has 24 heavy (non-hydrogen) atoms. The summed E-state index contributed by atoms with van der Waals surface area (Å²) in [5, 5.41) is 7.29. The van der Waals surface area contributed by atoms with Crippen LogP contribution in [-0.4, -0.2) is 46.8 Å². The van der Waals surface area contributed by atoms with Crippen molar-refractivity contribution in [1.29, 1.82) is 0 Å². The van der Waals surface area contributed by atoms with E-state index in [1.807, 2.05) is 10.9 Å². The zero-order valence-electron chi connectivity index (χ0n) is 16.0.